The van der Waals surface area contributed by atoms with Crippen molar-refractivity contribution >= 4 is 6.21 Å². The molecular weight excluding hydrogens is 154 g/mol. The first-order valence-corrected chi connectivity index (χ1v) is 3.57. The van der Waals surface area contributed by atoms with E-state index in [-0.39, 0.29) is 5.75 Å². The first kappa shape index (κ1) is 8.59. The molecule has 0 unspecified atom stereocenters. The molecule has 0 atom stereocenters. The van der Waals surface area contributed by atoms with Gasteiger partial charge in [-0.15, -0.1) is 0 Å². The van der Waals surface area contributed by atoms with Gasteiger partial charge in [-0.25, -0.2) is 0 Å². The summed E-state index contributed by atoms with van der Waals surface area (Å²) in [4.78, 5) is 3.85. The Morgan fingerprint density at radius 2 is 2.25 bits per heavy atom. The highest BCUT2D eigenvalue weighted by Gasteiger charge is 1.99. The lowest BCUT2D eigenvalue weighted by Gasteiger charge is -2.02. The number of benzene rings is 1. The largest absolute Gasteiger partial charge is 0.504 e. The highest BCUT2D eigenvalue weighted by molar-refractivity contribution is 5.80. The van der Waals surface area contributed by atoms with Crippen LogP contribution in [0.15, 0.2) is 23.2 Å². The van der Waals surface area contributed by atoms with Crippen LogP contribution in [0.4, 0.5) is 0 Å². The number of hydrogen-bond donors (Lipinski definition) is 1. The molecule has 0 saturated carbocycles. The van der Waals surface area contributed by atoms with Crippen LogP contribution in [0, 0.1) is 0 Å². The standard InChI is InChI=1S/C9H11NO2/c1-10-6-7-3-4-8(11)9(5-7)12-2/h3-6,11H,1-2H3. The summed E-state index contributed by atoms with van der Waals surface area (Å²) in [5.41, 5.74) is 0.909. The van der Waals surface area contributed by atoms with Crippen molar-refractivity contribution in [3.8, 4) is 11.5 Å². The van der Waals surface area contributed by atoms with E-state index in [2.05, 4.69) is 4.99 Å². The van der Waals surface area contributed by atoms with Crippen molar-refractivity contribution in [2.45, 2.75) is 0 Å². The summed E-state index contributed by atoms with van der Waals surface area (Å²) in [6.45, 7) is 0. The number of methoxy groups -OCH3 is 1. The predicted molar refractivity (Wildman–Crippen MR) is 48.2 cm³/mol. The van der Waals surface area contributed by atoms with Crippen molar-refractivity contribution in [1.82, 2.24) is 0 Å². The molecule has 64 valence electrons. The Labute approximate surface area is 71.3 Å². The summed E-state index contributed by atoms with van der Waals surface area (Å²) in [6.07, 6.45) is 1.70. The van der Waals surface area contributed by atoms with Gasteiger partial charge in [0.25, 0.3) is 0 Å². The maximum atomic E-state index is 9.23. The topological polar surface area (TPSA) is 41.8 Å². The Hall–Kier alpha value is -1.51. The second-order valence-corrected chi connectivity index (χ2v) is 2.32. The number of rotatable bonds is 2. The van der Waals surface area contributed by atoms with E-state index in [9.17, 15) is 5.11 Å². The first-order valence-electron chi connectivity index (χ1n) is 3.57. The van der Waals surface area contributed by atoms with Gasteiger partial charge in [0, 0.05) is 13.3 Å². The quantitative estimate of drug-likeness (QED) is 0.674. The Kier molecular flexibility index (Phi) is 2.69. The van der Waals surface area contributed by atoms with Gasteiger partial charge in [0.05, 0.1) is 7.11 Å². The van der Waals surface area contributed by atoms with Gasteiger partial charge in [-0.2, -0.15) is 0 Å². The average molecular weight is 165 g/mol. The van der Waals surface area contributed by atoms with E-state index in [1.807, 2.05) is 0 Å². The minimum absolute atomic E-state index is 0.144. The summed E-state index contributed by atoms with van der Waals surface area (Å²) in [6, 6.07) is 5.07. The number of aromatic hydroxyl groups is 1. The van der Waals surface area contributed by atoms with Crippen LogP contribution in [-0.4, -0.2) is 25.5 Å². The number of aliphatic imine (C=N–C) groups is 1. The van der Waals surface area contributed by atoms with Gasteiger partial charge in [0.15, 0.2) is 11.5 Å². The Bertz CT molecular complexity index is 295. The number of phenolic OH excluding ortho intramolecular Hbond substituents is 1. The smallest absolute Gasteiger partial charge is 0.161 e. The lowest BCUT2D eigenvalue weighted by Crippen LogP contribution is -1.86. The molecule has 1 N–H and O–H groups in total. The summed E-state index contributed by atoms with van der Waals surface area (Å²) in [5, 5.41) is 9.23. The molecule has 1 aromatic carbocycles. The van der Waals surface area contributed by atoms with Crippen molar-refractivity contribution in [1.29, 1.82) is 0 Å². The molecule has 1 aromatic rings. The third-order valence-electron chi connectivity index (χ3n) is 1.48. The fourth-order valence-corrected chi connectivity index (χ4v) is 0.924. The van der Waals surface area contributed by atoms with Crippen molar-refractivity contribution in [2.24, 2.45) is 4.99 Å². The molecular formula is C9H11NO2. The lowest BCUT2D eigenvalue weighted by molar-refractivity contribution is 0.373. The van der Waals surface area contributed by atoms with E-state index in [0.717, 1.165) is 5.56 Å². The molecule has 0 aliphatic carbocycles. The van der Waals surface area contributed by atoms with Gasteiger partial charge in [-0.3, -0.25) is 4.99 Å². The minimum atomic E-state index is 0.144. The van der Waals surface area contributed by atoms with Gasteiger partial charge < -0.3 is 9.84 Å². The molecule has 0 aliphatic rings. The number of nitrogens with zero attached hydrogens (tertiary/aromatic N) is 1. The second kappa shape index (κ2) is 3.76. The van der Waals surface area contributed by atoms with Gasteiger partial charge in [0.2, 0.25) is 0 Å². The molecule has 0 radical (unpaired) electrons. The fraction of sp³-hybridized carbons (Fsp3) is 0.222. The number of phenols is 1. The van der Waals surface area contributed by atoms with E-state index in [0.29, 0.717) is 5.75 Å². The monoisotopic (exact) mass is 165 g/mol. The first-order chi connectivity index (χ1) is 5.77. The van der Waals surface area contributed by atoms with Crippen LogP contribution in [0.2, 0.25) is 0 Å². The zero-order valence-corrected chi connectivity index (χ0v) is 7.11. The molecule has 0 aliphatic heterocycles. The molecule has 0 saturated heterocycles. The predicted octanol–water partition coefficient (Wildman–Crippen LogP) is 1.45. The average Bonchev–Trinajstić information content (AvgIpc) is 2.09. The van der Waals surface area contributed by atoms with Gasteiger partial charge in [-0.05, 0) is 23.8 Å². The normalized spacial score (nSPS) is 10.5. The van der Waals surface area contributed by atoms with Crippen molar-refractivity contribution < 1.29 is 9.84 Å². The van der Waals surface area contributed by atoms with E-state index in [1.165, 1.54) is 7.11 Å². The van der Waals surface area contributed by atoms with Gasteiger partial charge in [-0.1, -0.05) is 0 Å². The Balaban J connectivity index is 3.05. The van der Waals surface area contributed by atoms with Crippen LogP contribution in [-0.2, 0) is 0 Å². The van der Waals surface area contributed by atoms with Crippen LogP contribution in [0.1, 0.15) is 5.56 Å². The summed E-state index contributed by atoms with van der Waals surface area (Å²) < 4.78 is 4.92. The molecule has 0 aromatic heterocycles. The molecule has 0 bridgehead atoms. The SMILES string of the molecule is CN=Cc1ccc(O)c(OC)c1. The van der Waals surface area contributed by atoms with E-state index < -0.39 is 0 Å². The third-order valence-corrected chi connectivity index (χ3v) is 1.48. The number of hydrogen-bond acceptors (Lipinski definition) is 3. The van der Waals surface area contributed by atoms with Crippen LogP contribution >= 0.6 is 0 Å². The number of ether oxygens (including phenoxy) is 1. The highest BCUT2D eigenvalue weighted by Crippen LogP contribution is 2.25. The van der Waals surface area contributed by atoms with E-state index in [4.69, 9.17) is 4.74 Å². The van der Waals surface area contributed by atoms with Crippen LogP contribution in [0.25, 0.3) is 0 Å². The maximum absolute atomic E-state index is 9.23. The molecule has 0 amide bonds. The summed E-state index contributed by atoms with van der Waals surface area (Å²) in [7, 11) is 3.21. The molecule has 3 nitrogen and oxygen atoms in total. The summed E-state index contributed by atoms with van der Waals surface area (Å²) in [5.74, 6) is 0.609. The maximum Gasteiger partial charge on any atom is 0.161 e. The van der Waals surface area contributed by atoms with Gasteiger partial charge >= 0.3 is 0 Å². The van der Waals surface area contributed by atoms with E-state index in [1.54, 1.807) is 31.5 Å². The lowest BCUT2D eigenvalue weighted by atomic mass is 10.2. The second-order valence-electron chi connectivity index (χ2n) is 2.32. The minimum Gasteiger partial charge on any atom is -0.504 e. The van der Waals surface area contributed by atoms with Crippen LogP contribution < -0.4 is 4.74 Å². The Morgan fingerprint density at radius 1 is 1.50 bits per heavy atom. The third kappa shape index (κ3) is 1.75. The van der Waals surface area contributed by atoms with Crippen molar-refractivity contribution in [2.75, 3.05) is 14.2 Å². The zero-order valence-electron chi connectivity index (χ0n) is 7.11. The summed E-state index contributed by atoms with van der Waals surface area (Å²) >= 11 is 0. The highest BCUT2D eigenvalue weighted by atomic mass is 16.5. The molecule has 0 spiro atoms. The molecule has 0 heterocycles. The zero-order chi connectivity index (χ0) is 8.97. The molecule has 0 fully saturated rings. The van der Waals surface area contributed by atoms with Crippen molar-refractivity contribution in [3.05, 3.63) is 23.8 Å². The fourth-order valence-electron chi connectivity index (χ4n) is 0.924. The van der Waals surface area contributed by atoms with Gasteiger partial charge in [0.1, 0.15) is 0 Å². The van der Waals surface area contributed by atoms with Crippen LogP contribution in [0.3, 0.4) is 0 Å². The molecule has 12 heavy (non-hydrogen) atoms. The molecule has 3 heteroatoms. The van der Waals surface area contributed by atoms with E-state index >= 15 is 0 Å². The van der Waals surface area contributed by atoms with Crippen LogP contribution in [0.5, 0.6) is 11.5 Å². The van der Waals surface area contributed by atoms with Crippen molar-refractivity contribution in [3.63, 3.8) is 0 Å². The Morgan fingerprint density at radius 3 is 2.83 bits per heavy atom. The molecule has 1 rings (SSSR count).